The van der Waals surface area contributed by atoms with Gasteiger partial charge in [-0.1, -0.05) is 97.1 Å². The number of fused-ring (bicyclic) bond motifs is 6. The summed E-state index contributed by atoms with van der Waals surface area (Å²) in [5.74, 6) is 1.02. The van der Waals surface area contributed by atoms with Gasteiger partial charge in [-0.2, -0.15) is 0 Å². The highest BCUT2D eigenvalue weighted by atomic mass is 16.3. The van der Waals surface area contributed by atoms with Crippen LogP contribution in [0.4, 0.5) is 0 Å². The zero-order valence-corrected chi connectivity index (χ0v) is 24.4. The molecule has 8 rings (SSSR count). The molecular weight excluding hydrogens is 554 g/mol. The standard InChI is InChI=1S/C40H27N3O2/c1-41-40(33-23-29(27-14-6-3-7-15-27)24-37-38(33)31-17-9-11-19-35(31)45-37)43-39(42-25-26-12-4-2-5-13-26)28-20-21-36-32(22-28)30-16-8-10-18-34(30)44-36/h2-24H,1,25H2. The summed E-state index contributed by atoms with van der Waals surface area (Å²) in [5, 5.41) is 3.99. The highest BCUT2D eigenvalue weighted by Crippen LogP contribution is 2.36. The van der Waals surface area contributed by atoms with Gasteiger partial charge in [0.05, 0.1) is 6.54 Å². The number of nitrogens with zero attached hydrogens (tertiary/aromatic N) is 3. The van der Waals surface area contributed by atoms with Crippen molar-refractivity contribution in [3.63, 3.8) is 0 Å². The van der Waals surface area contributed by atoms with Gasteiger partial charge in [0.25, 0.3) is 0 Å². The van der Waals surface area contributed by atoms with Gasteiger partial charge in [0, 0.05) is 32.7 Å². The van der Waals surface area contributed by atoms with Gasteiger partial charge in [-0.3, -0.25) is 4.99 Å². The third-order valence-electron chi connectivity index (χ3n) is 8.08. The molecule has 0 radical (unpaired) electrons. The Morgan fingerprint density at radius 2 is 1.18 bits per heavy atom. The smallest absolute Gasteiger partial charge is 0.161 e. The van der Waals surface area contributed by atoms with Crippen LogP contribution in [0.5, 0.6) is 0 Å². The summed E-state index contributed by atoms with van der Waals surface area (Å²) < 4.78 is 12.5. The number of hydrogen-bond donors (Lipinski definition) is 0. The minimum Gasteiger partial charge on any atom is -0.456 e. The van der Waals surface area contributed by atoms with Crippen LogP contribution in [0, 0.1) is 0 Å². The first-order chi connectivity index (χ1) is 22.2. The Morgan fingerprint density at radius 1 is 0.533 bits per heavy atom. The summed E-state index contributed by atoms with van der Waals surface area (Å²) in [5.41, 5.74) is 8.07. The maximum absolute atomic E-state index is 6.37. The molecule has 0 atom stereocenters. The van der Waals surface area contributed by atoms with Crippen molar-refractivity contribution in [3.05, 3.63) is 156 Å². The lowest BCUT2D eigenvalue weighted by Crippen LogP contribution is -2.06. The quantitative estimate of drug-likeness (QED) is 0.150. The number of benzene rings is 6. The van der Waals surface area contributed by atoms with Crippen molar-refractivity contribution in [2.75, 3.05) is 0 Å². The molecule has 0 N–H and O–H groups in total. The molecule has 0 aliphatic rings. The van der Waals surface area contributed by atoms with Gasteiger partial charge in [0.15, 0.2) is 11.7 Å². The summed E-state index contributed by atoms with van der Waals surface area (Å²) in [4.78, 5) is 14.7. The summed E-state index contributed by atoms with van der Waals surface area (Å²) in [6.07, 6.45) is 0. The van der Waals surface area contributed by atoms with Crippen molar-refractivity contribution in [1.82, 2.24) is 0 Å². The molecular formula is C40H27N3O2. The maximum Gasteiger partial charge on any atom is 0.161 e. The molecule has 0 aliphatic carbocycles. The van der Waals surface area contributed by atoms with Crippen molar-refractivity contribution < 1.29 is 8.83 Å². The summed E-state index contributed by atoms with van der Waals surface area (Å²) in [6, 6.07) is 46.8. The molecule has 8 aromatic rings. The second-order valence-electron chi connectivity index (χ2n) is 10.9. The third kappa shape index (κ3) is 4.90. The molecule has 0 saturated heterocycles. The highest BCUT2D eigenvalue weighted by molar-refractivity contribution is 6.23. The maximum atomic E-state index is 6.37. The molecule has 0 saturated carbocycles. The molecule has 45 heavy (non-hydrogen) atoms. The lowest BCUT2D eigenvalue weighted by atomic mass is 9.98. The van der Waals surface area contributed by atoms with E-state index in [9.17, 15) is 0 Å². The van der Waals surface area contributed by atoms with Crippen molar-refractivity contribution >= 4 is 62.3 Å². The van der Waals surface area contributed by atoms with E-state index in [1.807, 2.05) is 84.9 Å². The zero-order chi connectivity index (χ0) is 30.2. The fourth-order valence-electron chi connectivity index (χ4n) is 5.92. The van der Waals surface area contributed by atoms with Crippen LogP contribution in [0.2, 0.25) is 0 Å². The number of amidine groups is 2. The summed E-state index contributed by atoms with van der Waals surface area (Å²) in [6.45, 7) is 4.44. The fraction of sp³-hybridized carbons (Fsp3) is 0.0250. The number of aliphatic imine (C=N–C) groups is 3. The van der Waals surface area contributed by atoms with E-state index in [1.165, 1.54) is 0 Å². The van der Waals surface area contributed by atoms with Crippen LogP contribution in [0.15, 0.2) is 163 Å². The van der Waals surface area contributed by atoms with Gasteiger partial charge in [0.2, 0.25) is 0 Å². The average molecular weight is 582 g/mol. The van der Waals surface area contributed by atoms with Gasteiger partial charge >= 0.3 is 0 Å². The highest BCUT2D eigenvalue weighted by Gasteiger charge is 2.18. The van der Waals surface area contributed by atoms with Crippen LogP contribution < -0.4 is 0 Å². The Labute approximate surface area is 259 Å². The van der Waals surface area contributed by atoms with E-state index in [2.05, 4.69) is 66.3 Å². The fourth-order valence-corrected chi connectivity index (χ4v) is 5.92. The summed E-state index contributed by atoms with van der Waals surface area (Å²) in [7, 11) is 0. The van der Waals surface area contributed by atoms with E-state index >= 15 is 0 Å². The van der Waals surface area contributed by atoms with Crippen molar-refractivity contribution in [3.8, 4) is 11.1 Å². The number of hydrogen-bond acceptors (Lipinski definition) is 3. The Bertz CT molecular complexity index is 2420. The predicted octanol–water partition coefficient (Wildman–Crippen LogP) is 10.2. The lowest BCUT2D eigenvalue weighted by Gasteiger charge is -2.10. The van der Waals surface area contributed by atoms with Crippen LogP contribution in [0.1, 0.15) is 16.7 Å². The number of furan rings is 2. The first kappa shape index (κ1) is 26.5. The molecule has 0 spiro atoms. The minimum absolute atomic E-state index is 0.461. The first-order valence-electron chi connectivity index (χ1n) is 14.8. The Balaban J connectivity index is 1.35. The Kier molecular flexibility index (Phi) is 6.61. The van der Waals surface area contributed by atoms with E-state index in [1.54, 1.807) is 0 Å². The SMILES string of the molecule is C=NC(=NC(=NCc1ccccc1)c1ccc2oc3ccccc3c2c1)c1cc(-c2ccccc2)cc2oc3ccccc3c12. The largest absolute Gasteiger partial charge is 0.456 e. The molecule has 0 aliphatic heterocycles. The van der Waals surface area contributed by atoms with Gasteiger partial charge in [-0.15, -0.1) is 0 Å². The molecule has 5 nitrogen and oxygen atoms in total. The molecule has 5 heteroatoms. The molecule has 2 aromatic heterocycles. The monoisotopic (exact) mass is 581 g/mol. The second kappa shape index (κ2) is 11.2. The van der Waals surface area contributed by atoms with Crippen LogP contribution in [-0.4, -0.2) is 18.4 Å². The van der Waals surface area contributed by atoms with E-state index in [0.717, 1.165) is 71.7 Å². The van der Waals surface area contributed by atoms with Gasteiger partial charge < -0.3 is 8.83 Å². The van der Waals surface area contributed by atoms with E-state index in [-0.39, 0.29) is 0 Å². The van der Waals surface area contributed by atoms with E-state index in [4.69, 9.17) is 18.8 Å². The predicted molar refractivity (Wildman–Crippen MR) is 186 cm³/mol. The zero-order valence-electron chi connectivity index (χ0n) is 24.4. The molecule has 214 valence electrons. The van der Waals surface area contributed by atoms with Crippen LogP contribution >= 0.6 is 0 Å². The van der Waals surface area contributed by atoms with E-state index < -0.39 is 0 Å². The lowest BCUT2D eigenvalue weighted by molar-refractivity contribution is 0.668. The van der Waals surface area contributed by atoms with Gasteiger partial charge in [0.1, 0.15) is 22.3 Å². The Morgan fingerprint density at radius 3 is 1.96 bits per heavy atom. The molecule has 0 fully saturated rings. The molecule has 0 bridgehead atoms. The number of rotatable bonds is 5. The van der Waals surface area contributed by atoms with Crippen molar-refractivity contribution in [2.24, 2.45) is 15.0 Å². The minimum atomic E-state index is 0.461. The topological polar surface area (TPSA) is 63.4 Å². The molecule has 2 heterocycles. The number of para-hydroxylation sites is 2. The average Bonchev–Trinajstić information content (AvgIpc) is 3.67. The van der Waals surface area contributed by atoms with Crippen LogP contribution in [0.3, 0.4) is 0 Å². The van der Waals surface area contributed by atoms with Crippen molar-refractivity contribution in [1.29, 1.82) is 0 Å². The molecule has 6 aromatic carbocycles. The van der Waals surface area contributed by atoms with E-state index in [0.29, 0.717) is 18.2 Å². The normalized spacial score (nSPS) is 12.4. The summed E-state index contributed by atoms with van der Waals surface area (Å²) >= 11 is 0. The van der Waals surface area contributed by atoms with Crippen LogP contribution in [-0.2, 0) is 6.54 Å². The van der Waals surface area contributed by atoms with Gasteiger partial charge in [-0.25, -0.2) is 9.98 Å². The van der Waals surface area contributed by atoms with Crippen molar-refractivity contribution in [2.45, 2.75) is 6.54 Å². The van der Waals surface area contributed by atoms with Gasteiger partial charge in [-0.05, 0) is 65.9 Å². The van der Waals surface area contributed by atoms with Crippen LogP contribution in [0.25, 0.3) is 55.0 Å². The molecule has 0 unspecified atom stereocenters. The Hall–Kier alpha value is -6.07. The second-order valence-corrected chi connectivity index (χ2v) is 10.9. The molecule has 0 amide bonds. The first-order valence-corrected chi connectivity index (χ1v) is 14.8. The third-order valence-corrected chi connectivity index (χ3v) is 8.08.